The molecular weight excluding hydrogens is 216 g/mol. The molecule has 3 rings (SSSR count). The van der Waals surface area contributed by atoms with Gasteiger partial charge < -0.3 is 0 Å². The number of rotatable bonds is 0. The van der Waals surface area contributed by atoms with Crippen LogP contribution in [0.1, 0.15) is 46.2 Å². The average molecular weight is 242 g/mol. The summed E-state index contributed by atoms with van der Waals surface area (Å²) in [4.78, 5) is 0. The Morgan fingerprint density at radius 2 is 1.06 bits per heavy atom. The van der Waals surface area contributed by atoms with Gasteiger partial charge in [-0.3, -0.25) is 0 Å². The molecule has 0 heteroatoms. The van der Waals surface area contributed by atoms with Crippen molar-refractivity contribution < 1.29 is 0 Å². The summed E-state index contributed by atoms with van der Waals surface area (Å²) in [5.74, 6) is 0. The summed E-state index contributed by atoms with van der Waals surface area (Å²) in [5.41, 5.74) is 5.75. The first-order chi connectivity index (χ1) is 7.86. The van der Waals surface area contributed by atoms with Gasteiger partial charge >= 0.3 is 0 Å². The monoisotopic (exact) mass is 242 g/mol. The van der Waals surface area contributed by atoms with Crippen molar-refractivity contribution in [2.45, 2.75) is 41.5 Å². The van der Waals surface area contributed by atoms with Crippen molar-refractivity contribution in [1.82, 2.24) is 0 Å². The van der Waals surface area contributed by atoms with E-state index >= 15 is 0 Å². The summed E-state index contributed by atoms with van der Waals surface area (Å²) in [7, 11) is 0. The third kappa shape index (κ3) is 3.22. The van der Waals surface area contributed by atoms with Gasteiger partial charge in [0.05, 0.1) is 0 Å². The largest absolute Gasteiger partial charge is 0.0776 e. The van der Waals surface area contributed by atoms with E-state index in [2.05, 4.69) is 62.4 Å². The van der Waals surface area contributed by atoms with Gasteiger partial charge in [0.15, 0.2) is 0 Å². The van der Waals surface area contributed by atoms with E-state index in [1.807, 2.05) is 0 Å². The Morgan fingerprint density at radius 1 is 0.722 bits per heavy atom. The number of benzene rings is 2. The van der Waals surface area contributed by atoms with Crippen LogP contribution in [0.2, 0.25) is 0 Å². The zero-order valence-electron chi connectivity index (χ0n) is 10.0. The number of fused-ring (bicyclic) bond motifs is 3. The van der Waals surface area contributed by atoms with Crippen LogP contribution in [0.25, 0.3) is 11.1 Å². The molecule has 0 aromatic heterocycles. The second-order valence-corrected chi connectivity index (χ2v) is 4.20. The van der Waals surface area contributed by atoms with Crippen LogP contribution in [0, 0.1) is 0 Å². The Kier molecular flexibility index (Phi) is 7.04. The molecule has 0 nitrogen and oxygen atoms in total. The van der Waals surface area contributed by atoms with Gasteiger partial charge in [0.1, 0.15) is 0 Å². The lowest BCUT2D eigenvalue weighted by Gasteiger charge is -1.98. The third-order valence-electron chi connectivity index (χ3n) is 2.71. The highest BCUT2D eigenvalue weighted by Crippen LogP contribution is 2.35. The smallest absolute Gasteiger partial charge is 0.00135 e. The second kappa shape index (κ2) is 7.71. The summed E-state index contributed by atoms with van der Waals surface area (Å²) in [6.07, 6.45) is 2.35. The normalized spacial score (nSPS) is 9.89. The van der Waals surface area contributed by atoms with Crippen LogP contribution in [-0.2, 0) is 6.42 Å². The van der Waals surface area contributed by atoms with Crippen LogP contribution in [0.3, 0.4) is 0 Å². The third-order valence-corrected chi connectivity index (χ3v) is 2.71. The standard InChI is InChI=1S/C13H10.C3H8.2CH4/c1-3-7-12-10(5-1)9-11-6-2-4-8-13(11)12;1-3-2;;/h1-8H,9H2;3H2,1-2H3;2*1H4. The fraction of sp³-hybridized carbons (Fsp3) is 0.333. The van der Waals surface area contributed by atoms with Crippen LogP contribution in [-0.4, -0.2) is 0 Å². The molecule has 0 radical (unpaired) electrons. The number of hydrogen-bond acceptors (Lipinski definition) is 0. The molecule has 0 unspecified atom stereocenters. The summed E-state index contributed by atoms with van der Waals surface area (Å²) in [6, 6.07) is 17.3. The van der Waals surface area contributed by atoms with Gasteiger partial charge in [0.25, 0.3) is 0 Å². The Bertz CT molecular complexity index is 425. The molecule has 0 N–H and O–H groups in total. The molecule has 0 spiro atoms. The molecule has 1 aliphatic rings. The lowest BCUT2D eigenvalue weighted by Crippen LogP contribution is -1.77. The Balaban J connectivity index is 0.000000533. The van der Waals surface area contributed by atoms with Crippen molar-refractivity contribution in [2.75, 3.05) is 0 Å². The molecule has 0 bridgehead atoms. The van der Waals surface area contributed by atoms with E-state index in [1.165, 1.54) is 28.7 Å². The molecule has 0 fully saturated rings. The van der Waals surface area contributed by atoms with Gasteiger partial charge in [-0.25, -0.2) is 0 Å². The van der Waals surface area contributed by atoms with E-state index in [0.717, 1.165) is 6.42 Å². The van der Waals surface area contributed by atoms with Crippen LogP contribution < -0.4 is 0 Å². The first-order valence-electron chi connectivity index (χ1n) is 6.03. The summed E-state index contributed by atoms with van der Waals surface area (Å²) in [6.45, 7) is 4.25. The molecule has 0 atom stereocenters. The maximum Gasteiger partial charge on any atom is -0.00135 e. The van der Waals surface area contributed by atoms with E-state index in [-0.39, 0.29) is 14.9 Å². The van der Waals surface area contributed by atoms with Crippen molar-refractivity contribution >= 4 is 0 Å². The summed E-state index contributed by atoms with van der Waals surface area (Å²) < 4.78 is 0. The lowest BCUT2D eigenvalue weighted by atomic mass is 10.1. The van der Waals surface area contributed by atoms with Crippen LogP contribution >= 0.6 is 0 Å². The van der Waals surface area contributed by atoms with Gasteiger partial charge in [0, 0.05) is 0 Å². The SMILES string of the molecule is C.C.CCC.c1ccc2c(c1)Cc1ccccc1-2. The molecule has 18 heavy (non-hydrogen) atoms. The molecule has 0 saturated carbocycles. The van der Waals surface area contributed by atoms with Gasteiger partial charge in [-0.15, -0.1) is 0 Å². The van der Waals surface area contributed by atoms with Crippen LogP contribution in [0.15, 0.2) is 48.5 Å². The number of hydrogen-bond donors (Lipinski definition) is 0. The second-order valence-electron chi connectivity index (χ2n) is 4.20. The average Bonchev–Trinajstić information content (AvgIpc) is 2.68. The Labute approximate surface area is 113 Å². The summed E-state index contributed by atoms with van der Waals surface area (Å²) >= 11 is 0. The van der Waals surface area contributed by atoms with E-state index in [1.54, 1.807) is 0 Å². The zero-order chi connectivity index (χ0) is 11.4. The minimum absolute atomic E-state index is 0. The fourth-order valence-corrected chi connectivity index (χ4v) is 2.08. The van der Waals surface area contributed by atoms with Gasteiger partial charge in [0.2, 0.25) is 0 Å². The summed E-state index contributed by atoms with van der Waals surface area (Å²) in [5, 5.41) is 0. The van der Waals surface area contributed by atoms with Crippen LogP contribution in [0.5, 0.6) is 0 Å². The van der Waals surface area contributed by atoms with Crippen molar-refractivity contribution in [2.24, 2.45) is 0 Å². The molecule has 98 valence electrons. The quantitative estimate of drug-likeness (QED) is 0.457. The maximum atomic E-state index is 2.22. The highest BCUT2D eigenvalue weighted by Gasteiger charge is 2.15. The molecule has 0 heterocycles. The molecule has 2 aromatic carbocycles. The van der Waals surface area contributed by atoms with Gasteiger partial charge in [-0.1, -0.05) is 83.7 Å². The van der Waals surface area contributed by atoms with Gasteiger partial charge in [-0.05, 0) is 28.7 Å². The van der Waals surface area contributed by atoms with E-state index in [4.69, 9.17) is 0 Å². The Morgan fingerprint density at radius 3 is 1.44 bits per heavy atom. The highest BCUT2D eigenvalue weighted by molar-refractivity contribution is 5.76. The first kappa shape index (κ1) is 16.4. The zero-order valence-corrected chi connectivity index (χ0v) is 10.0. The topological polar surface area (TPSA) is 0 Å². The van der Waals surface area contributed by atoms with Gasteiger partial charge in [-0.2, -0.15) is 0 Å². The fourth-order valence-electron chi connectivity index (χ4n) is 2.08. The van der Waals surface area contributed by atoms with E-state index in [0.29, 0.717) is 0 Å². The molecular formula is C18H26. The molecule has 0 aliphatic heterocycles. The van der Waals surface area contributed by atoms with Crippen molar-refractivity contribution in [3.63, 3.8) is 0 Å². The minimum atomic E-state index is 0. The van der Waals surface area contributed by atoms with Crippen molar-refractivity contribution in [1.29, 1.82) is 0 Å². The van der Waals surface area contributed by atoms with Crippen molar-refractivity contribution in [3.8, 4) is 11.1 Å². The minimum Gasteiger partial charge on any atom is -0.0776 e. The van der Waals surface area contributed by atoms with Crippen LogP contribution in [0.4, 0.5) is 0 Å². The van der Waals surface area contributed by atoms with E-state index < -0.39 is 0 Å². The first-order valence-corrected chi connectivity index (χ1v) is 6.03. The highest BCUT2D eigenvalue weighted by atomic mass is 14.2. The maximum absolute atomic E-state index is 2.22. The predicted molar refractivity (Wildman–Crippen MR) is 84.1 cm³/mol. The van der Waals surface area contributed by atoms with E-state index in [9.17, 15) is 0 Å². The Hall–Kier alpha value is -1.56. The molecule has 0 saturated heterocycles. The molecule has 1 aliphatic carbocycles. The van der Waals surface area contributed by atoms with Crippen molar-refractivity contribution in [3.05, 3.63) is 59.7 Å². The predicted octanol–water partition coefficient (Wildman–Crippen LogP) is 5.95. The molecule has 2 aromatic rings. The lowest BCUT2D eigenvalue weighted by molar-refractivity contribution is 1.09. The molecule has 0 amide bonds.